The van der Waals surface area contributed by atoms with Crippen LogP contribution in [-0.4, -0.2) is 33.4 Å². The van der Waals surface area contributed by atoms with Gasteiger partial charge < -0.3 is 10.4 Å². The number of hydrogen-bond acceptors (Lipinski definition) is 3. The third-order valence-corrected chi connectivity index (χ3v) is 2.15. The average Bonchev–Trinajstić information content (AvgIpc) is 2.64. The van der Waals surface area contributed by atoms with E-state index in [4.69, 9.17) is 5.11 Å². The van der Waals surface area contributed by atoms with Crippen molar-refractivity contribution in [3.63, 3.8) is 0 Å². The molecular weight excluding hydrogens is 255 g/mol. The van der Waals surface area contributed by atoms with Gasteiger partial charge in [0.15, 0.2) is 5.69 Å². The van der Waals surface area contributed by atoms with Crippen molar-refractivity contribution in [2.45, 2.75) is 25.6 Å². The van der Waals surface area contributed by atoms with E-state index in [0.717, 1.165) is 6.07 Å². The van der Waals surface area contributed by atoms with Crippen LogP contribution in [-0.2, 0) is 10.3 Å². The number of H-pyrrole nitrogens is 1. The van der Waals surface area contributed by atoms with Gasteiger partial charge in [-0.2, -0.15) is 18.3 Å². The van der Waals surface area contributed by atoms with Crippen molar-refractivity contribution in [3.05, 3.63) is 17.5 Å². The Balaban J connectivity index is 2.92. The summed E-state index contributed by atoms with van der Waals surface area (Å²) >= 11 is 0. The van der Waals surface area contributed by atoms with Crippen molar-refractivity contribution < 1.29 is 27.9 Å². The number of alkyl halides is 3. The molecule has 0 aliphatic heterocycles. The van der Waals surface area contributed by atoms with E-state index in [0.29, 0.717) is 0 Å². The fourth-order valence-corrected chi connectivity index (χ4v) is 1.17. The number of aromatic carboxylic acids is 1. The summed E-state index contributed by atoms with van der Waals surface area (Å²) in [5.74, 6) is -3.44. The number of amides is 1. The number of rotatable bonds is 3. The molecule has 0 aliphatic rings. The molecule has 0 spiro atoms. The van der Waals surface area contributed by atoms with Crippen LogP contribution in [0.15, 0.2) is 6.07 Å². The second-order valence-electron chi connectivity index (χ2n) is 4.05. The van der Waals surface area contributed by atoms with Gasteiger partial charge in [0.25, 0.3) is 0 Å². The van der Waals surface area contributed by atoms with Crippen LogP contribution in [0.2, 0.25) is 0 Å². The quantitative estimate of drug-likeness (QED) is 0.760. The number of carbonyl (C=O) groups is 2. The van der Waals surface area contributed by atoms with E-state index in [-0.39, 0.29) is 11.4 Å². The standard InChI is InChI=1S/C9H10F3N3O3/c1-8(2,13-7(18)9(10,11)12)5-3-4(6(16)17)14-15-5/h3H,1-2H3,(H,13,18)(H,14,15)(H,16,17). The zero-order valence-electron chi connectivity index (χ0n) is 9.42. The maximum absolute atomic E-state index is 12.1. The largest absolute Gasteiger partial charge is 0.476 e. The van der Waals surface area contributed by atoms with E-state index < -0.39 is 23.6 Å². The molecule has 0 saturated heterocycles. The molecule has 0 radical (unpaired) electrons. The second kappa shape index (κ2) is 4.31. The Hall–Kier alpha value is -2.06. The molecule has 0 fully saturated rings. The van der Waals surface area contributed by atoms with E-state index in [9.17, 15) is 22.8 Å². The van der Waals surface area contributed by atoms with Gasteiger partial charge in [-0.25, -0.2) is 4.79 Å². The molecule has 1 amide bonds. The summed E-state index contributed by atoms with van der Waals surface area (Å²) in [6.45, 7) is 2.57. The lowest BCUT2D eigenvalue weighted by Crippen LogP contribution is -2.47. The Kier molecular flexibility index (Phi) is 3.36. The van der Waals surface area contributed by atoms with Crippen LogP contribution < -0.4 is 5.32 Å². The van der Waals surface area contributed by atoms with Gasteiger partial charge >= 0.3 is 18.1 Å². The maximum atomic E-state index is 12.1. The van der Waals surface area contributed by atoms with Crippen molar-refractivity contribution in [3.8, 4) is 0 Å². The zero-order valence-corrected chi connectivity index (χ0v) is 9.42. The Morgan fingerprint density at radius 2 is 1.94 bits per heavy atom. The fourth-order valence-electron chi connectivity index (χ4n) is 1.17. The molecule has 1 heterocycles. The minimum atomic E-state index is -5.01. The van der Waals surface area contributed by atoms with Crippen molar-refractivity contribution in [2.75, 3.05) is 0 Å². The summed E-state index contributed by atoms with van der Waals surface area (Å²) in [6.07, 6.45) is -5.01. The molecule has 0 aliphatic carbocycles. The number of aromatic nitrogens is 2. The minimum Gasteiger partial charge on any atom is -0.476 e. The van der Waals surface area contributed by atoms with Gasteiger partial charge in [0.2, 0.25) is 0 Å². The number of carboxylic acid groups (broad SMARTS) is 1. The lowest BCUT2D eigenvalue weighted by Gasteiger charge is -2.25. The normalized spacial score (nSPS) is 12.3. The second-order valence-corrected chi connectivity index (χ2v) is 4.05. The molecule has 9 heteroatoms. The van der Waals surface area contributed by atoms with Crippen molar-refractivity contribution >= 4 is 11.9 Å². The molecule has 6 nitrogen and oxygen atoms in total. The van der Waals surface area contributed by atoms with E-state index in [2.05, 4.69) is 10.2 Å². The Labute approximate surface area is 99.2 Å². The van der Waals surface area contributed by atoms with Crippen LogP contribution >= 0.6 is 0 Å². The first-order chi connectivity index (χ1) is 8.04. The molecule has 1 rings (SSSR count). The topological polar surface area (TPSA) is 95.1 Å². The predicted octanol–water partition coefficient (Wildman–Crippen LogP) is 1.02. The maximum Gasteiger partial charge on any atom is 0.471 e. The number of nitrogens with one attached hydrogen (secondary N) is 2. The number of hydrogen-bond donors (Lipinski definition) is 3. The summed E-state index contributed by atoms with van der Waals surface area (Å²) in [5, 5.41) is 16.0. The smallest absolute Gasteiger partial charge is 0.471 e. The van der Waals surface area contributed by atoms with Gasteiger partial charge in [0.1, 0.15) is 0 Å². The molecule has 0 saturated carbocycles. The van der Waals surface area contributed by atoms with E-state index in [1.807, 2.05) is 0 Å². The van der Waals surface area contributed by atoms with Gasteiger partial charge in [-0.15, -0.1) is 0 Å². The Morgan fingerprint density at radius 1 is 1.39 bits per heavy atom. The highest BCUT2D eigenvalue weighted by atomic mass is 19.4. The molecule has 0 aromatic carbocycles. The summed E-state index contributed by atoms with van der Waals surface area (Å²) in [6, 6.07) is 1.05. The Morgan fingerprint density at radius 3 is 2.33 bits per heavy atom. The van der Waals surface area contributed by atoms with Gasteiger partial charge in [0.05, 0.1) is 11.2 Å². The van der Waals surface area contributed by atoms with Gasteiger partial charge in [-0.1, -0.05) is 0 Å². The van der Waals surface area contributed by atoms with Crippen LogP contribution in [0.4, 0.5) is 13.2 Å². The minimum absolute atomic E-state index is 0.0532. The first-order valence-corrected chi connectivity index (χ1v) is 4.72. The van der Waals surface area contributed by atoms with Crippen molar-refractivity contribution in [1.82, 2.24) is 15.5 Å². The average molecular weight is 265 g/mol. The first-order valence-electron chi connectivity index (χ1n) is 4.72. The fraction of sp³-hybridized carbons (Fsp3) is 0.444. The molecule has 1 aromatic rings. The summed E-state index contributed by atoms with van der Waals surface area (Å²) in [5.41, 5.74) is -1.72. The highest BCUT2D eigenvalue weighted by Crippen LogP contribution is 2.22. The molecule has 0 bridgehead atoms. The SMILES string of the molecule is CC(C)(NC(=O)C(F)(F)F)c1cc(C(=O)O)n[nH]1. The molecule has 3 N–H and O–H groups in total. The van der Waals surface area contributed by atoms with E-state index in [1.54, 1.807) is 5.32 Å². The third-order valence-electron chi connectivity index (χ3n) is 2.15. The van der Waals surface area contributed by atoms with E-state index in [1.165, 1.54) is 13.8 Å². The third kappa shape index (κ3) is 2.99. The van der Waals surface area contributed by atoms with Crippen LogP contribution in [0.5, 0.6) is 0 Å². The highest BCUT2D eigenvalue weighted by molar-refractivity contribution is 5.85. The number of nitrogens with zero attached hydrogens (tertiary/aromatic N) is 1. The molecule has 0 atom stereocenters. The Bertz CT molecular complexity index is 479. The van der Waals surface area contributed by atoms with Gasteiger partial charge in [-0.3, -0.25) is 9.89 Å². The number of carboxylic acids is 1. The van der Waals surface area contributed by atoms with Crippen molar-refractivity contribution in [2.24, 2.45) is 0 Å². The number of carbonyl (C=O) groups excluding carboxylic acids is 1. The lowest BCUT2D eigenvalue weighted by molar-refractivity contribution is -0.175. The predicted molar refractivity (Wildman–Crippen MR) is 52.8 cm³/mol. The summed E-state index contributed by atoms with van der Waals surface area (Å²) < 4.78 is 36.3. The van der Waals surface area contributed by atoms with Gasteiger partial charge in [0, 0.05) is 0 Å². The highest BCUT2D eigenvalue weighted by Gasteiger charge is 2.42. The first kappa shape index (κ1) is 14.0. The van der Waals surface area contributed by atoms with Crippen LogP contribution in [0, 0.1) is 0 Å². The van der Waals surface area contributed by atoms with Crippen LogP contribution in [0.3, 0.4) is 0 Å². The molecule has 0 unspecified atom stereocenters. The lowest BCUT2D eigenvalue weighted by atomic mass is 10.0. The monoisotopic (exact) mass is 265 g/mol. The number of halogens is 3. The summed E-state index contributed by atoms with van der Waals surface area (Å²) in [4.78, 5) is 21.4. The van der Waals surface area contributed by atoms with Crippen LogP contribution in [0.25, 0.3) is 0 Å². The van der Waals surface area contributed by atoms with Crippen LogP contribution in [0.1, 0.15) is 30.0 Å². The van der Waals surface area contributed by atoms with Gasteiger partial charge in [-0.05, 0) is 19.9 Å². The molecule has 100 valence electrons. The number of aromatic amines is 1. The van der Waals surface area contributed by atoms with Crippen molar-refractivity contribution in [1.29, 1.82) is 0 Å². The summed E-state index contributed by atoms with van der Waals surface area (Å²) in [7, 11) is 0. The molecule has 1 aromatic heterocycles. The molecule has 18 heavy (non-hydrogen) atoms. The van der Waals surface area contributed by atoms with E-state index >= 15 is 0 Å². The zero-order chi connectivity index (χ0) is 14.1. The molecular formula is C9H10F3N3O3.